The van der Waals surface area contributed by atoms with Crippen LogP contribution in [0.25, 0.3) is 0 Å². The van der Waals surface area contributed by atoms with Gasteiger partial charge in [0.15, 0.2) is 0 Å². The van der Waals surface area contributed by atoms with Gasteiger partial charge in [0.1, 0.15) is 23.6 Å². The van der Waals surface area contributed by atoms with Gasteiger partial charge in [-0.25, -0.2) is 9.97 Å². The fraction of sp³-hybridized carbons (Fsp3) is 0.353. The van der Waals surface area contributed by atoms with Gasteiger partial charge in [-0.3, -0.25) is 4.79 Å². The van der Waals surface area contributed by atoms with E-state index in [0.717, 1.165) is 30.2 Å². The predicted molar refractivity (Wildman–Crippen MR) is 89.2 cm³/mol. The molecule has 7 nitrogen and oxygen atoms in total. The highest BCUT2D eigenvalue weighted by atomic mass is 16.5. The molecule has 1 N–H and O–H groups in total. The topological polar surface area (TPSA) is 76.6 Å². The number of carbonyl (C=O) groups excluding carboxylic acids is 1. The number of carbonyl (C=O) groups is 1. The minimum Gasteiger partial charge on any atom is -0.497 e. The van der Waals surface area contributed by atoms with E-state index in [2.05, 4.69) is 20.2 Å². The first kappa shape index (κ1) is 16.2. The Kier molecular flexibility index (Phi) is 5.22. The lowest BCUT2D eigenvalue weighted by Crippen LogP contribution is -2.37. The normalized spacial score (nSPS) is 14.3. The second-order valence-electron chi connectivity index (χ2n) is 5.39. The van der Waals surface area contributed by atoms with E-state index in [4.69, 9.17) is 9.47 Å². The maximum Gasteiger partial charge on any atom is 0.270 e. The van der Waals surface area contributed by atoms with Crippen LogP contribution in [0.1, 0.15) is 16.1 Å². The van der Waals surface area contributed by atoms with Crippen molar-refractivity contribution in [1.82, 2.24) is 15.3 Å². The molecule has 0 bridgehead atoms. The fourth-order valence-electron chi connectivity index (χ4n) is 2.45. The van der Waals surface area contributed by atoms with Gasteiger partial charge in [0.2, 0.25) is 0 Å². The molecule has 0 atom stereocenters. The van der Waals surface area contributed by atoms with Crippen LogP contribution in [0.4, 0.5) is 5.82 Å². The predicted octanol–water partition coefficient (Wildman–Crippen LogP) is 1.25. The third kappa shape index (κ3) is 3.99. The minimum atomic E-state index is -0.220. The Morgan fingerprint density at radius 3 is 2.71 bits per heavy atom. The fourth-order valence-corrected chi connectivity index (χ4v) is 2.45. The first-order valence-corrected chi connectivity index (χ1v) is 7.82. The van der Waals surface area contributed by atoms with Crippen LogP contribution >= 0.6 is 0 Å². The molecule has 1 aliphatic rings. The number of morpholine rings is 1. The van der Waals surface area contributed by atoms with Crippen molar-refractivity contribution in [3.63, 3.8) is 0 Å². The molecule has 0 spiro atoms. The van der Waals surface area contributed by atoms with E-state index in [9.17, 15) is 4.79 Å². The third-order valence-corrected chi connectivity index (χ3v) is 3.83. The standard InChI is InChI=1S/C17H20N4O3/c1-23-14-4-2-13(3-5-14)11-18-17(22)15-10-16(20-12-19-15)21-6-8-24-9-7-21/h2-5,10,12H,6-9,11H2,1H3,(H,18,22). The number of nitrogens with one attached hydrogen (secondary N) is 1. The molecule has 1 aromatic heterocycles. The lowest BCUT2D eigenvalue weighted by Gasteiger charge is -2.27. The maximum absolute atomic E-state index is 12.3. The Balaban J connectivity index is 1.61. The summed E-state index contributed by atoms with van der Waals surface area (Å²) in [4.78, 5) is 22.7. The van der Waals surface area contributed by atoms with Gasteiger partial charge in [0.05, 0.1) is 20.3 Å². The summed E-state index contributed by atoms with van der Waals surface area (Å²) in [6.45, 7) is 3.31. The molecule has 0 saturated carbocycles. The van der Waals surface area contributed by atoms with Gasteiger partial charge in [0.25, 0.3) is 5.91 Å². The molecular formula is C17H20N4O3. The maximum atomic E-state index is 12.3. The quantitative estimate of drug-likeness (QED) is 0.890. The van der Waals surface area contributed by atoms with Gasteiger partial charge in [-0.15, -0.1) is 0 Å². The van der Waals surface area contributed by atoms with Crippen LogP contribution in [0.5, 0.6) is 5.75 Å². The zero-order valence-corrected chi connectivity index (χ0v) is 13.6. The molecule has 0 radical (unpaired) electrons. The van der Waals surface area contributed by atoms with Crippen LogP contribution in [0, 0.1) is 0 Å². The van der Waals surface area contributed by atoms with Crippen LogP contribution < -0.4 is 15.0 Å². The van der Waals surface area contributed by atoms with Crippen molar-refractivity contribution in [2.75, 3.05) is 38.3 Å². The van der Waals surface area contributed by atoms with Gasteiger partial charge < -0.3 is 19.7 Å². The van der Waals surface area contributed by atoms with E-state index in [1.165, 1.54) is 6.33 Å². The Morgan fingerprint density at radius 2 is 2.00 bits per heavy atom. The summed E-state index contributed by atoms with van der Waals surface area (Å²) in [5.74, 6) is 1.32. The molecule has 1 amide bonds. The number of nitrogens with zero attached hydrogens (tertiary/aromatic N) is 3. The first-order chi connectivity index (χ1) is 11.8. The number of amides is 1. The van der Waals surface area contributed by atoms with Gasteiger partial charge in [-0.2, -0.15) is 0 Å². The van der Waals surface area contributed by atoms with Crippen molar-refractivity contribution >= 4 is 11.7 Å². The minimum absolute atomic E-state index is 0.220. The van der Waals surface area contributed by atoms with E-state index in [1.54, 1.807) is 13.2 Å². The molecule has 3 rings (SSSR count). The number of aromatic nitrogens is 2. The van der Waals surface area contributed by atoms with Gasteiger partial charge in [0, 0.05) is 25.7 Å². The van der Waals surface area contributed by atoms with Crippen LogP contribution in [0.2, 0.25) is 0 Å². The molecule has 1 aliphatic heterocycles. The third-order valence-electron chi connectivity index (χ3n) is 3.83. The number of benzene rings is 1. The molecule has 1 aromatic carbocycles. The highest BCUT2D eigenvalue weighted by Gasteiger charge is 2.15. The van der Waals surface area contributed by atoms with Crippen molar-refractivity contribution in [1.29, 1.82) is 0 Å². The Bertz CT molecular complexity index is 684. The van der Waals surface area contributed by atoms with Crippen molar-refractivity contribution in [2.45, 2.75) is 6.54 Å². The monoisotopic (exact) mass is 328 g/mol. The SMILES string of the molecule is COc1ccc(CNC(=O)c2cc(N3CCOCC3)ncn2)cc1. The number of methoxy groups -OCH3 is 1. The van der Waals surface area contributed by atoms with E-state index >= 15 is 0 Å². The van der Waals surface area contributed by atoms with Crippen LogP contribution in [0.3, 0.4) is 0 Å². The average Bonchev–Trinajstić information content (AvgIpc) is 2.67. The summed E-state index contributed by atoms with van der Waals surface area (Å²) in [5, 5.41) is 2.87. The molecule has 24 heavy (non-hydrogen) atoms. The number of ether oxygens (including phenoxy) is 2. The summed E-state index contributed by atoms with van der Waals surface area (Å²) in [6.07, 6.45) is 1.42. The highest BCUT2D eigenvalue weighted by molar-refractivity contribution is 5.92. The smallest absolute Gasteiger partial charge is 0.270 e. The number of hydrogen-bond acceptors (Lipinski definition) is 6. The lowest BCUT2D eigenvalue weighted by atomic mass is 10.2. The summed E-state index contributed by atoms with van der Waals surface area (Å²) >= 11 is 0. The van der Waals surface area contributed by atoms with Crippen molar-refractivity contribution in [3.05, 3.63) is 47.9 Å². The summed E-state index contributed by atoms with van der Waals surface area (Å²) < 4.78 is 10.4. The van der Waals surface area contributed by atoms with Gasteiger partial charge in [-0.05, 0) is 17.7 Å². The van der Waals surface area contributed by atoms with E-state index in [0.29, 0.717) is 25.5 Å². The van der Waals surface area contributed by atoms with Crippen LogP contribution in [-0.2, 0) is 11.3 Å². The molecule has 2 heterocycles. The van der Waals surface area contributed by atoms with Crippen molar-refractivity contribution in [3.8, 4) is 5.75 Å². The molecule has 2 aromatic rings. The Hall–Kier alpha value is -2.67. The molecule has 0 unspecified atom stereocenters. The molecule has 126 valence electrons. The summed E-state index contributed by atoms with van der Waals surface area (Å²) in [5.41, 5.74) is 1.35. The second-order valence-corrected chi connectivity index (χ2v) is 5.39. The molecule has 1 saturated heterocycles. The second kappa shape index (κ2) is 7.74. The highest BCUT2D eigenvalue weighted by Crippen LogP contribution is 2.13. The molecule has 1 fully saturated rings. The van der Waals surface area contributed by atoms with Crippen molar-refractivity contribution < 1.29 is 14.3 Å². The van der Waals surface area contributed by atoms with E-state index in [-0.39, 0.29) is 5.91 Å². The zero-order valence-electron chi connectivity index (χ0n) is 13.6. The van der Waals surface area contributed by atoms with E-state index < -0.39 is 0 Å². The Morgan fingerprint density at radius 1 is 1.25 bits per heavy atom. The number of rotatable bonds is 5. The van der Waals surface area contributed by atoms with Crippen LogP contribution in [0.15, 0.2) is 36.7 Å². The van der Waals surface area contributed by atoms with Gasteiger partial charge in [-0.1, -0.05) is 12.1 Å². The van der Waals surface area contributed by atoms with Crippen molar-refractivity contribution in [2.24, 2.45) is 0 Å². The first-order valence-electron chi connectivity index (χ1n) is 7.82. The average molecular weight is 328 g/mol. The number of hydrogen-bond donors (Lipinski definition) is 1. The largest absolute Gasteiger partial charge is 0.497 e. The summed E-state index contributed by atoms with van der Waals surface area (Å²) in [6, 6.07) is 9.27. The van der Waals surface area contributed by atoms with E-state index in [1.807, 2.05) is 24.3 Å². The lowest BCUT2D eigenvalue weighted by molar-refractivity contribution is 0.0945. The van der Waals surface area contributed by atoms with Crippen LogP contribution in [-0.4, -0.2) is 49.3 Å². The molecule has 0 aliphatic carbocycles. The zero-order chi connectivity index (χ0) is 16.8. The Labute approximate surface area is 140 Å². The van der Waals surface area contributed by atoms with Gasteiger partial charge >= 0.3 is 0 Å². The molecular weight excluding hydrogens is 308 g/mol. The molecule has 7 heteroatoms. The summed E-state index contributed by atoms with van der Waals surface area (Å²) in [7, 11) is 1.62. The number of anilines is 1.